The van der Waals surface area contributed by atoms with Gasteiger partial charge in [0.1, 0.15) is 5.82 Å². The molecule has 1 heterocycles. The van der Waals surface area contributed by atoms with Gasteiger partial charge >= 0.3 is 5.97 Å². The quantitative estimate of drug-likeness (QED) is 0.870. The number of halogens is 1. The molecule has 1 N–H and O–H groups in total. The van der Waals surface area contributed by atoms with Crippen molar-refractivity contribution in [1.29, 1.82) is 0 Å². The maximum Gasteiger partial charge on any atom is 0.308 e. The van der Waals surface area contributed by atoms with Crippen LogP contribution in [-0.4, -0.2) is 35.0 Å². The van der Waals surface area contributed by atoms with Crippen LogP contribution in [0.2, 0.25) is 0 Å². The number of carbonyl (C=O) groups excluding carboxylic acids is 1. The average Bonchev–Trinajstić information content (AvgIpc) is 2.81. The van der Waals surface area contributed by atoms with E-state index in [2.05, 4.69) is 0 Å². The maximum absolute atomic E-state index is 13.8. The molecule has 0 aromatic heterocycles. The van der Waals surface area contributed by atoms with Crippen LogP contribution < -0.4 is 0 Å². The highest BCUT2D eigenvalue weighted by Gasteiger charge is 2.32. The minimum atomic E-state index is -0.907. The van der Waals surface area contributed by atoms with E-state index in [0.29, 0.717) is 18.5 Å². The average molecular weight is 251 g/mol. The summed E-state index contributed by atoms with van der Waals surface area (Å²) in [6, 6.07) is 4.64. The summed E-state index contributed by atoms with van der Waals surface area (Å²) in [5.74, 6) is -2.40. The standard InChI is InChI=1S/C13H14FNO3/c1-8-3-2-4-10(11(8)14)12(16)15-6-5-9(7-15)13(17)18/h2-4,9H,5-7H2,1H3,(H,17,18). The smallest absolute Gasteiger partial charge is 0.308 e. The van der Waals surface area contributed by atoms with E-state index in [0.717, 1.165) is 0 Å². The number of hydrogen-bond acceptors (Lipinski definition) is 2. The number of aryl methyl sites for hydroxylation is 1. The molecule has 0 bridgehead atoms. The molecule has 0 aliphatic carbocycles. The van der Waals surface area contributed by atoms with Crippen molar-refractivity contribution >= 4 is 11.9 Å². The molecular formula is C13H14FNO3. The molecule has 0 radical (unpaired) electrons. The summed E-state index contributed by atoms with van der Waals surface area (Å²) in [4.78, 5) is 24.3. The zero-order chi connectivity index (χ0) is 13.3. The molecular weight excluding hydrogens is 237 g/mol. The predicted molar refractivity (Wildman–Crippen MR) is 62.8 cm³/mol. The van der Waals surface area contributed by atoms with Crippen molar-refractivity contribution in [3.8, 4) is 0 Å². The lowest BCUT2D eigenvalue weighted by Crippen LogP contribution is -2.30. The SMILES string of the molecule is Cc1cccc(C(=O)N2CCC(C(=O)O)C2)c1F. The zero-order valence-electron chi connectivity index (χ0n) is 10.0. The predicted octanol–water partition coefficient (Wildman–Crippen LogP) is 1.68. The van der Waals surface area contributed by atoms with Crippen molar-refractivity contribution in [1.82, 2.24) is 4.90 Å². The van der Waals surface area contributed by atoms with E-state index in [9.17, 15) is 14.0 Å². The second kappa shape index (κ2) is 4.76. The lowest BCUT2D eigenvalue weighted by molar-refractivity contribution is -0.141. The van der Waals surface area contributed by atoms with Crippen LogP contribution in [0.15, 0.2) is 18.2 Å². The van der Waals surface area contributed by atoms with Crippen LogP contribution in [0.1, 0.15) is 22.3 Å². The Labute approximate surface area is 104 Å². The number of hydrogen-bond donors (Lipinski definition) is 1. The Balaban J connectivity index is 2.18. The van der Waals surface area contributed by atoms with E-state index in [4.69, 9.17) is 5.11 Å². The monoisotopic (exact) mass is 251 g/mol. The Bertz CT molecular complexity index is 501. The van der Waals surface area contributed by atoms with Crippen molar-refractivity contribution < 1.29 is 19.1 Å². The van der Waals surface area contributed by atoms with Crippen molar-refractivity contribution in [3.63, 3.8) is 0 Å². The Morgan fingerprint density at radius 2 is 2.17 bits per heavy atom. The van der Waals surface area contributed by atoms with Gasteiger partial charge in [-0.2, -0.15) is 0 Å². The lowest BCUT2D eigenvalue weighted by atomic mass is 10.1. The molecule has 96 valence electrons. The Morgan fingerprint density at radius 3 is 2.78 bits per heavy atom. The van der Waals surface area contributed by atoms with Crippen molar-refractivity contribution in [3.05, 3.63) is 35.1 Å². The largest absolute Gasteiger partial charge is 0.481 e. The maximum atomic E-state index is 13.8. The number of aliphatic carboxylic acids is 1. The fraction of sp³-hybridized carbons (Fsp3) is 0.385. The van der Waals surface area contributed by atoms with Gasteiger partial charge in [0.25, 0.3) is 5.91 Å². The molecule has 18 heavy (non-hydrogen) atoms. The molecule has 4 nitrogen and oxygen atoms in total. The number of carboxylic acids is 1. The van der Waals surface area contributed by atoms with Gasteiger partial charge in [0, 0.05) is 13.1 Å². The molecule has 1 aliphatic heterocycles. The molecule has 1 amide bonds. The zero-order valence-corrected chi connectivity index (χ0v) is 10.0. The van der Waals surface area contributed by atoms with Crippen LogP contribution in [0.3, 0.4) is 0 Å². The molecule has 1 atom stereocenters. The minimum Gasteiger partial charge on any atom is -0.481 e. The van der Waals surface area contributed by atoms with Gasteiger partial charge in [-0.25, -0.2) is 4.39 Å². The molecule has 1 aliphatic rings. The topological polar surface area (TPSA) is 57.6 Å². The molecule has 1 aromatic rings. The van der Waals surface area contributed by atoms with Crippen LogP contribution >= 0.6 is 0 Å². The lowest BCUT2D eigenvalue weighted by Gasteiger charge is -2.16. The number of benzene rings is 1. The first-order valence-electron chi connectivity index (χ1n) is 5.78. The summed E-state index contributed by atoms with van der Waals surface area (Å²) in [6.07, 6.45) is 0.425. The number of nitrogens with zero attached hydrogens (tertiary/aromatic N) is 1. The highest BCUT2D eigenvalue weighted by molar-refractivity contribution is 5.95. The number of rotatable bonds is 2. The summed E-state index contributed by atoms with van der Waals surface area (Å²) in [5, 5.41) is 8.87. The molecule has 1 aromatic carbocycles. The first kappa shape index (κ1) is 12.5. The van der Waals surface area contributed by atoms with E-state index < -0.39 is 23.6 Å². The molecule has 0 spiro atoms. The molecule has 1 fully saturated rings. The van der Waals surface area contributed by atoms with E-state index in [1.165, 1.54) is 11.0 Å². The van der Waals surface area contributed by atoms with Gasteiger partial charge in [0.05, 0.1) is 11.5 Å². The van der Waals surface area contributed by atoms with Crippen molar-refractivity contribution in [2.75, 3.05) is 13.1 Å². The summed E-state index contributed by atoms with van der Waals surface area (Å²) >= 11 is 0. The summed E-state index contributed by atoms with van der Waals surface area (Å²) < 4.78 is 13.8. The van der Waals surface area contributed by atoms with E-state index >= 15 is 0 Å². The van der Waals surface area contributed by atoms with Crippen molar-refractivity contribution in [2.24, 2.45) is 5.92 Å². The van der Waals surface area contributed by atoms with Gasteiger partial charge in [-0.05, 0) is 25.0 Å². The fourth-order valence-electron chi connectivity index (χ4n) is 2.13. The Hall–Kier alpha value is -1.91. The Morgan fingerprint density at radius 1 is 1.44 bits per heavy atom. The number of carboxylic acid groups (broad SMARTS) is 1. The third kappa shape index (κ3) is 2.20. The minimum absolute atomic E-state index is 0.0149. The second-order valence-corrected chi connectivity index (χ2v) is 4.51. The molecule has 5 heteroatoms. The highest BCUT2D eigenvalue weighted by Crippen LogP contribution is 2.21. The van der Waals surface area contributed by atoms with Gasteiger partial charge in [0.15, 0.2) is 0 Å². The van der Waals surface area contributed by atoms with Gasteiger partial charge in [-0.15, -0.1) is 0 Å². The fourth-order valence-corrected chi connectivity index (χ4v) is 2.13. The number of carbonyl (C=O) groups is 2. The third-order valence-electron chi connectivity index (χ3n) is 3.25. The molecule has 1 unspecified atom stereocenters. The first-order valence-corrected chi connectivity index (χ1v) is 5.78. The number of amides is 1. The molecule has 1 saturated heterocycles. The third-order valence-corrected chi connectivity index (χ3v) is 3.25. The van der Waals surface area contributed by atoms with Crippen LogP contribution in [0.5, 0.6) is 0 Å². The van der Waals surface area contributed by atoms with E-state index in [1.54, 1.807) is 19.1 Å². The summed E-state index contributed by atoms with van der Waals surface area (Å²) in [6.45, 7) is 2.11. The highest BCUT2D eigenvalue weighted by atomic mass is 19.1. The summed E-state index contributed by atoms with van der Waals surface area (Å²) in [5.41, 5.74) is 0.427. The van der Waals surface area contributed by atoms with Crippen LogP contribution in [0.25, 0.3) is 0 Å². The van der Waals surface area contributed by atoms with Crippen LogP contribution in [0, 0.1) is 18.7 Å². The van der Waals surface area contributed by atoms with E-state index in [1.807, 2.05) is 0 Å². The summed E-state index contributed by atoms with van der Waals surface area (Å²) in [7, 11) is 0. The Kier molecular flexibility index (Phi) is 3.32. The number of likely N-dealkylation sites (tertiary alicyclic amines) is 1. The first-order chi connectivity index (χ1) is 8.50. The molecule has 0 saturated carbocycles. The van der Waals surface area contributed by atoms with Crippen molar-refractivity contribution in [2.45, 2.75) is 13.3 Å². The second-order valence-electron chi connectivity index (χ2n) is 4.51. The van der Waals surface area contributed by atoms with Crippen LogP contribution in [0.4, 0.5) is 4.39 Å². The molecule has 2 rings (SSSR count). The van der Waals surface area contributed by atoms with Gasteiger partial charge in [-0.1, -0.05) is 12.1 Å². The normalized spacial score (nSPS) is 19.0. The van der Waals surface area contributed by atoms with Gasteiger partial charge in [0.2, 0.25) is 0 Å². The van der Waals surface area contributed by atoms with Gasteiger partial charge < -0.3 is 10.0 Å². The van der Waals surface area contributed by atoms with Crippen LogP contribution in [-0.2, 0) is 4.79 Å². The van der Waals surface area contributed by atoms with E-state index in [-0.39, 0.29) is 12.1 Å². The van der Waals surface area contributed by atoms with Gasteiger partial charge in [-0.3, -0.25) is 9.59 Å².